The molecule has 1 rings (SSSR count). The highest BCUT2D eigenvalue weighted by Gasteiger charge is 2.53. The third-order valence-electron chi connectivity index (χ3n) is 3.38. The molecule has 1 fully saturated rings. The number of alkyl halides is 2. The number of hydrogen-bond donors (Lipinski definition) is 0. The van der Waals surface area contributed by atoms with Crippen LogP contribution in [-0.4, -0.2) is 30.7 Å². The van der Waals surface area contributed by atoms with Crippen LogP contribution in [0.5, 0.6) is 0 Å². The van der Waals surface area contributed by atoms with Crippen LogP contribution in [0.2, 0.25) is 0 Å². The monoisotopic (exact) mass is 236 g/mol. The molecule has 1 heterocycles. The molecule has 0 aromatic heterocycles. The Bertz CT molecular complexity index is 268. The van der Waals surface area contributed by atoms with Crippen LogP contribution in [0, 0.1) is 11.8 Å². The lowest BCUT2D eigenvalue weighted by Crippen LogP contribution is -2.54. The van der Waals surface area contributed by atoms with Gasteiger partial charge in [-0.3, -0.25) is 4.79 Å². The van der Waals surface area contributed by atoms with Gasteiger partial charge in [0.15, 0.2) is 6.10 Å². The first-order valence-electron chi connectivity index (χ1n) is 5.43. The molecule has 0 bridgehead atoms. The predicted octanol–water partition coefficient (Wildman–Crippen LogP) is 2.24. The van der Waals surface area contributed by atoms with Gasteiger partial charge in [0, 0.05) is 12.8 Å². The molecular weight excluding hydrogens is 218 g/mol. The van der Waals surface area contributed by atoms with E-state index in [1.807, 2.05) is 0 Å². The molecule has 0 amide bonds. The number of carbonyl (C=O) groups excluding carboxylic acids is 1. The fraction of sp³-hybridized carbons (Fsp3) is 0.909. The Kier molecular flexibility index (Phi) is 3.88. The zero-order valence-electron chi connectivity index (χ0n) is 10.00. The van der Waals surface area contributed by atoms with Crippen LogP contribution in [0.4, 0.5) is 8.78 Å². The van der Waals surface area contributed by atoms with Crippen LogP contribution in [0.15, 0.2) is 0 Å². The fourth-order valence-electron chi connectivity index (χ4n) is 1.87. The van der Waals surface area contributed by atoms with Crippen molar-refractivity contribution in [2.24, 2.45) is 11.8 Å². The summed E-state index contributed by atoms with van der Waals surface area (Å²) in [6.45, 7) is 5.81. The van der Waals surface area contributed by atoms with Gasteiger partial charge in [-0.1, -0.05) is 13.8 Å². The van der Waals surface area contributed by atoms with Crippen molar-refractivity contribution < 1.29 is 23.0 Å². The van der Waals surface area contributed by atoms with Crippen LogP contribution in [-0.2, 0) is 14.3 Å². The maximum Gasteiger partial charge on any atom is 0.302 e. The number of halogens is 2. The van der Waals surface area contributed by atoms with E-state index in [-0.39, 0.29) is 18.6 Å². The summed E-state index contributed by atoms with van der Waals surface area (Å²) in [6.07, 6.45) is -1.59. The molecule has 5 heteroatoms. The van der Waals surface area contributed by atoms with Gasteiger partial charge >= 0.3 is 5.97 Å². The number of rotatable bonds is 2. The summed E-state index contributed by atoms with van der Waals surface area (Å²) in [6, 6.07) is 0. The van der Waals surface area contributed by atoms with Crippen molar-refractivity contribution in [3.63, 3.8) is 0 Å². The molecule has 0 spiro atoms. The number of esters is 1. The Morgan fingerprint density at radius 1 is 1.38 bits per heavy atom. The van der Waals surface area contributed by atoms with Crippen molar-refractivity contribution in [3.8, 4) is 0 Å². The molecule has 0 aromatic carbocycles. The van der Waals surface area contributed by atoms with Crippen LogP contribution in [0.1, 0.15) is 27.7 Å². The standard InChI is InChI=1S/C11H18F2O3/c1-6-7(2)11(12,13)10(16-8(6)3)5-15-9(4)14/h6-8,10H,5H2,1-4H3/t6?,7-,8?,10?/m1/s1. The largest absolute Gasteiger partial charge is 0.463 e. The Labute approximate surface area is 94.1 Å². The molecule has 16 heavy (non-hydrogen) atoms. The molecule has 0 radical (unpaired) electrons. The van der Waals surface area contributed by atoms with Crippen LogP contribution in [0.3, 0.4) is 0 Å². The van der Waals surface area contributed by atoms with Crippen LogP contribution < -0.4 is 0 Å². The van der Waals surface area contributed by atoms with Gasteiger partial charge in [-0.25, -0.2) is 8.78 Å². The molecule has 0 saturated carbocycles. The lowest BCUT2D eigenvalue weighted by atomic mass is 9.81. The van der Waals surface area contributed by atoms with E-state index in [0.717, 1.165) is 0 Å². The first-order chi connectivity index (χ1) is 7.26. The number of ether oxygens (including phenoxy) is 2. The van der Waals surface area contributed by atoms with Gasteiger partial charge in [-0.15, -0.1) is 0 Å². The zero-order valence-corrected chi connectivity index (χ0v) is 10.00. The van der Waals surface area contributed by atoms with E-state index >= 15 is 0 Å². The van der Waals surface area contributed by atoms with E-state index in [0.29, 0.717) is 0 Å². The van der Waals surface area contributed by atoms with E-state index in [1.165, 1.54) is 13.8 Å². The third-order valence-corrected chi connectivity index (χ3v) is 3.38. The van der Waals surface area contributed by atoms with Gasteiger partial charge in [0.1, 0.15) is 6.61 Å². The summed E-state index contributed by atoms with van der Waals surface area (Å²) < 4.78 is 37.5. The summed E-state index contributed by atoms with van der Waals surface area (Å²) in [5.41, 5.74) is 0. The van der Waals surface area contributed by atoms with E-state index in [9.17, 15) is 13.6 Å². The van der Waals surface area contributed by atoms with Gasteiger partial charge in [0.05, 0.1) is 6.10 Å². The van der Waals surface area contributed by atoms with E-state index < -0.39 is 23.9 Å². The summed E-state index contributed by atoms with van der Waals surface area (Å²) in [7, 11) is 0. The number of hydrogen-bond acceptors (Lipinski definition) is 3. The first kappa shape index (κ1) is 13.4. The van der Waals surface area contributed by atoms with Gasteiger partial charge < -0.3 is 9.47 Å². The van der Waals surface area contributed by atoms with Crippen molar-refractivity contribution in [3.05, 3.63) is 0 Å². The van der Waals surface area contributed by atoms with E-state index in [1.54, 1.807) is 13.8 Å². The maximum atomic E-state index is 13.8. The SMILES string of the molecule is CC(=O)OCC1OC(C)C(C)[C@@H](C)C1(F)F. The zero-order chi connectivity index (χ0) is 12.5. The van der Waals surface area contributed by atoms with Gasteiger partial charge in [0.25, 0.3) is 5.92 Å². The average Bonchev–Trinajstić information content (AvgIpc) is 2.19. The molecule has 0 aromatic rings. The summed E-state index contributed by atoms with van der Waals surface area (Å²) >= 11 is 0. The van der Waals surface area contributed by atoms with Gasteiger partial charge in [0.2, 0.25) is 0 Å². The Balaban J connectivity index is 2.72. The van der Waals surface area contributed by atoms with Crippen LogP contribution in [0.25, 0.3) is 0 Å². The smallest absolute Gasteiger partial charge is 0.302 e. The quantitative estimate of drug-likeness (QED) is 0.690. The highest BCUT2D eigenvalue weighted by Crippen LogP contribution is 2.42. The van der Waals surface area contributed by atoms with Crippen molar-refractivity contribution in [1.82, 2.24) is 0 Å². The topological polar surface area (TPSA) is 35.5 Å². The molecule has 94 valence electrons. The molecule has 3 unspecified atom stereocenters. The van der Waals surface area contributed by atoms with Crippen molar-refractivity contribution in [2.75, 3.05) is 6.61 Å². The minimum atomic E-state index is -2.96. The normalized spacial score (nSPS) is 38.1. The summed E-state index contributed by atoms with van der Waals surface area (Å²) in [4.78, 5) is 10.6. The Morgan fingerprint density at radius 3 is 2.44 bits per heavy atom. The first-order valence-corrected chi connectivity index (χ1v) is 5.43. The predicted molar refractivity (Wildman–Crippen MR) is 54.2 cm³/mol. The minimum absolute atomic E-state index is 0.219. The number of carbonyl (C=O) groups is 1. The van der Waals surface area contributed by atoms with E-state index in [4.69, 9.17) is 4.74 Å². The van der Waals surface area contributed by atoms with Gasteiger partial charge in [-0.2, -0.15) is 0 Å². The summed E-state index contributed by atoms with van der Waals surface area (Å²) in [5.74, 6) is -4.53. The van der Waals surface area contributed by atoms with Gasteiger partial charge in [-0.05, 0) is 12.8 Å². The van der Waals surface area contributed by atoms with Crippen molar-refractivity contribution >= 4 is 5.97 Å². The molecule has 1 aliphatic heterocycles. The molecule has 0 N–H and O–H groups in total. The van der Waals surface area contributed by atoms with Crippen LogP contribution >= 0.6 is 0 Å². The highest BCUT2D eigenvalue weighted by atomic mass is 19.3. The van der Waals surface area contributed by atoms with Crippen molar-refractivity contribution in [1.29, 1.82) is 0 Å². The maximum absolute atomic E-state index is 13.8. The van der Waals surface area contributed by atoms with Crippen molar-refractivity contribution in [2.45, 2.75) is 45.8 Å². The van der Waals surface area contributed by atoms with E-state index in [2.05, 4.69) is 4.74 Å². The molecule has 1 aliphatic rings. The second-order valence-corrected chi connectivity index (χ2v) is 4.45. The average molecular weight is 236 g/mol. The molecule has 4 atom stereocenters. The lowest BCUT2D eigenvalue weighted by molar-refractivity contribution is -0.254. The fourth-order valence-corrected chi connectivity index (χ4v) is 1.87. The molecule has 3 nitrogen and oxygen atoms in total. The third kappa shape index (κ3) is 2.51. The Morgan fingerprint density at radius 2 is 1.94 bits per heavy atom. The second kappa shape index (κ2) is 4.65. The second-order valence-electron chi connectivity index (χ2n) is 4.45. The summed E-state index contributed by atoms with van der Waals surface area (Å²) in [5, 5.41) is 0. The highest BCUT2D eigenvalue weighted by molar-refractivity contribution is 5.65. The Hall–Kier alpha value is -0.710. The minimum Gasteiger partial charge on any atom is -0.463 e. The molecular formula is C11H18F2O3. The molecule has 1 saturated heterocycles. The lowest BCUT2D eigenvalue weighted by Gasteiger charge is -2.43. The molecule has 0 aliphatic carbocycles.